The number of piperidine rings is 1. The second-order valence-corrected chi connectivity index (χ2v) is 6.09. The van der Waals surface area contributed by atoms with Crippen LogP contribution in [0.25, 0.3) is 0 Å². The highest BCUT2D eigenvalue weighted by atomic mass is 16.5. The van der Waals surface area contributed by atoms with Crippen molar-refractivity contribution in [3.05, 3.63) is 29.3 Å². The zero-order valence-corrected chi connectivity index (χ0v) is 13.3. The molecule has 1 amide bonds. The number of ether oxygens (including phenoxy) is 2. The van der Waals surface area contributed by atoms with E-state index in [2.05, 4.69) is 4.74 Å². The Morgan fingerprint density at radius 2 is 1.96 bits per heavy atom. The molecule has 1 saturated heterocycles. The number of benzene rings is 1. The maximum absolute atomic E-state index is 12.5. The standard InChI is InChI=1S/C17H19NO5/c1-11(19)18-7-5-17(6-8-18)10-14(20)13-9-12(16(21)22-2)3-4-15(13)23-17/h3-4,9H,5-8,10H2,1-2H3. The van der Waals surface area contributed by atoms with Gasteiger partial charge in [0.15, 0.2) is 5.78 Å². The van der Waals surface area contributed by atoms with Crippen LogP contribution in [-0.4, -0.2) is 48.4 Å². The van der Waals surface area contributed by atoms with Gasteiger partial charge in [0.2, 0.25) is 5.91 Å². The largest absolute Gasteiger partial charge is 0.486 e. The minimum atomic E-state index is -0.539. The lowest BCUT2D eigenvalue weighted by Crippen LogP contribution is -2.51. The van der Waals surface area contributed by atoms with E-state index in [1.54, 1.807) is 24.0 Å². The van der Waals surface area contributed by atoms with Gasteiger partial charge < -0.3 is 14.4 Å². The summed E-state index contributed by atoms with van der Waals surface area (Å²) in [5.74, 6) is 0.0409. The second kappa shape index (κ2) is 5.68. The molecule has 0 aliphatic carbocycles. The van der Waals surface area contributed by atoms with Gasteiger partial charge in [-0.3, -0.25) is 9.59 Å². The Labute approximate surface area is 134 Å². The maximum Gasteiger partial charge on any atom is 0.337 e. The molecule has 0 N–H and O–H groups in total. The summed E-state index contributed by atoms with van der Waals surface area (Å²) >= 11 is 0. The molecule has 2 heterocycles. The van der Waals surface area contributed by atoms with Crippen LogP contribution in [0.15, 0.2) is 18.2 Å². The summed E-state index contributed by atoms with van der Waals surface area (Å²) in [5, 5.41) is 0. The highest BCUT2D eigenvalue weighted by Gasteiger charge is 2.43. The average Bonchev–Trinajstić information content (AvgIpc) is 2.54. The summed E-state index contributed by atoms with van der Waals surface area (Å²) < 4.78 is 10.8. The van der Waals surface area contributed by atoms with Gasteiger partial charge in [-0.25, -0.2) is 4.79 Å². The van der Waals surface area contributed by atoms with Gasteiger partial charge >= 0.3 is 5.97 Å². The number of likely N-dealkylation sites (tertiary alicyclic amines) is 1. The minimum Gasteiger partial charge on any atom is -0.486 e. The van der Waals surface area contributed by atoms with Crippen LogP contribution in [0.5, 0.6) is 5.75 Å². The number of ketones is 1. The number of esters is 1. The fraction of sp³-hybridized carbons (Fsp3) is 0.471. The molecule has 1 aromatic rings. The van der Waals surface area contributed by atoms with Crippen LogP contribution in [0.3, 0.4) is 0 Å². The predicted molar refractivity (Wildman–Crippen MR) is 81.6 cm³/mol. The van der Waals surface area contributed by atoms with Crippen LogP contribution in [0.2, 0.25) is 0 Å². The molecule has 0 radical (unpaired) electrons. The lowest BCUT2D eigenvalue weighted by Gasteiger charge is -2.43. The fourth-order valence-corrected chi connectivity index (χ4v) is 3.25. The number of hydrogen-bond donors (Lipinski definition) is 0. The van der Waals surface area contributed by atoms with Crippen LogP contribution in [0.4, 0.5) is 0 Å². The topological polar surface area (TPSA) is 72.9 Å². The highest BCUT2D eigenvalue weighted by molar-refractivity contribution is 6.02. The van der Waals surface area contributed by atoms with Crippen molar-refractivity contribution in [3.8, 4) is 5.75 Å². The lowest BCUT2D eigenvalue weighted by molar-refractivity contribution is -0.132. The van der Waals surface area contributed by atoms with E-state index in [0.717, 1.165) is 0 Å². The number of carbonyl (C=O) groups is 3. The van der Waals surface area contributed by atoms with Gasteiger partial charge in [0.05, 0.1) is 24.7 Å². The Bertz CT molecular complexity index is 674. The van der Waals surface area contributed by atoms with Crippen molar-refractivity contribution in [2.75, 3.05) is 20.2 Å². The first-order valence-corrected chi connectivity index (χ1v) is 7.64. The fourth-order valence-electron chi connectivity index (χ4n) is 3.25. The van der Waals surface area contributed by atoms with Crippen molar-refractivity contribution in [2.24, 2.45) is 0 Å². The van der Waals surface area contributed by atoms with Crippen molar-refractivity contribution in [2.45, 2.75) is 31.8 Å². The zero-order valence-electron chi connectivity index (χ0n) is 13.3. The molecule has 2 aliphatic heterocycles. The summed E-state index contributed by atoms with van der Waals surface area (Å²) in [6, 6.07) is 4.78. The molecule has 122 valence electrons. The van der Waals surface area contributed by atoms with Crippen LogP contribution < -0.4 is 4.74 Å². The number of amides is 1. The first-order valence-electron chi connectivity index (χ1n) is 7.64. The maximum atomic E-state index is 12.5. The predicted octanol–water partition coefficient (Wildman–Crippen LogP) is 1.82. The normalized spacial score (nSPS) is 19.0. The second-order valence-electron chi connectivity index (χ2n) is 6.09. The summed E-state index contributed by atoms with van der Waals surface area (Å²) in [5.41, 5.74) is 0.223. The molecule has 0 saturated carbocycles. The third kappa shape index (κ3) is 2.81. The Balaban J connectivity index is 1.83. The summed E-state index contributed by atoms with van der Waals surface area (Å²) in [6.07, 6.45) is 1.55. The van der Waals surface area contributed by atoms with E-state index in [0.29, 0.717) is 42.8 Å². The first kappa shape index (κ1) is 15.5. The monoisotopic (exact) mass is 317 g/mol. The van der Waals surface area contributed by atoms with Gasteiger partial charge in [-0.1, -0.05) is 0 Å². The van der Waals surface area contributed by atoms with Crippen LogP contribution in [-0.2, 0) is 9.53 Å². The SMILES string of the molecule is COC(=O)c1ccc2c(c1)C(=O)CC1(CCN(C(C)=O)CC1)O2. The van der Waals surface area contributed by atoms with E-state index in [-0.39, 0.29) is 18.1 Å². The molecule has 0 bridgehead atoms. The molecule has 6 heteroatoms. The minimum absolute atomic E-state index is 0.0340. The zero-order chi connectivity index (χ0) is 16.6. The Morgan fingerprint density at radius 1 is 1.26 bits per heavy atom. The van der Waals surface area contributed by atoms with E-state index >= 15 is 0 Å². The lowest BCUT2D eigenvalue weighted by atomic mass is 9.82. The molecule has 6 nitrogen and oxygen atoms in total. The molecule has 0 aromatic heterocycles. The molecule has 1 spiro atoms. The van der Waals surface area contributed by atoms with E-state index in [1.807, 2.05) is 0 Å². The van der Waals surface area contributed by atoms with Crippen molar-refractivity contribution in [1.82, 2.24) is 4.90 Å². The van der Waals surface area contributed by atoms with Crippen LogP contribution in [0.1, 0.15) is 46.9 Å². The number of nitrogens with zero attached hydrogens (tertiary/aromatic N) is 1. The van der Waals surface area contributed by atoms with Gasteiger partial charge in [-0.05, 0) is 18.2 Å². The highest BCUT2D eigenvalue weighted by Crippen LogP contribution is 2.39. The van der Waals surface area contributed by atoms with Gasteiger partial charge in [0.25, 0.3) is 0 Å². The van der Waals surface area contributed by atoms with Gasteiger partial charge in [0, 0.05) is 32.9 Å². The molecule has 1 fully saturated rings. The molecule has 3 rings (SSSR count). The summed E-state index contributed by atoms with van der Waals surface area (Å²) in [7, 11) is 1.30. The molecule has 23 heavy (non-hydrogen) atoms. The molecule has 0 unspecified atom stereocenters. The average molecular weight is 317 g/mol. The number of rotatable bonds is 1. The van der Waals surface area contributed by atoms with Crippen LogP contribution in [0, 0.1) is 0 Å². The number of hydrogen-bond acceptors (Lipinski definition) is 5. The number of Topliss-reactive ketones (excluding diaryl/α,β-unsaturated/α-hetero) is 1. The van der Waals surface area contributed by atoms with E-state index < -0.39 is 11.6 Å². The van der Waals surface area contributed by atoms with Crippen molar-refractivity contribution >= 4 is 17.7 Å². The summed E-state index contributed by atoms with van der Waals surface area (Å²) in [4.78, 5) is 37.3. The van der Waals surface area contributed by atoms with Crippen LogP contribution >= 0.6 is 0 Å². The molecule has 2 aliphatic rings. The Kier molecular flexibility index (Phi) is 3.83. The third-order valence-electron chi connectivity index (χ3n) is 4.63. The third-order valence-corrected chi connectivity index (χ3v) is 4.63. The molecule has 1 aromatic carbocycles. The summed E-state index contributed by atoms with van der Waals surface area (Å²) in [6.45, 7) is 2.74. The van der Waals surface area contributed by atoms with E-state index in [1.165, 1.54) is 13.2 Å². The quantitative estimate of drug-likeness (QED) is 0.739. The van der Waals surface area contributed by atoms with Crippen molar-refractivity contribution in [3.63, 3.8) is 0 Å². The van der Waals surface area contributed by atoms with Gasteiger partial charge in [0.1, 0.15) is 11.4 Å². The van der Waals surface area contributed by atoms with E-state index in [9.17, 15) is 14.4 Å². The Hall–Kier alpha value is -2.37. The number of carbonyl (C=O) groups excluding carboxylic acids is 3. The molecular formula is C17H19NO5. The first-order chi connectivity index (χ1) is 10.9. The smallest absolute Gasteiger partial charge is 0.337 e. The number of methoxy groups -OCH3 is 1. The molecule has 0 atom stereocenters. The molecular weight excluding hydrogens is 298 g/mol. The van der Waals surface area contributed by atoms with Gasteiger partial charge in [-0.15, -0.1) is 0 Å². The number of fused-ring (bicyclic) bond motifs is 1. The van der Waals surface area contributed by atoms with Gasteiger partial charge in [-0.2, -0.15) is 0 Å². The van der Waals surface area contributed by atoms with Crippen molar-refractivity contribution in [1.29, 1.82) is 0 Å². The Morgan fingerprint density at radius 3 is 2.57 bits per heavy atom. The van der Waals surface area contributed by atoms with E-state index in [4.69, 9.17) is 4.74 Å². The van der Waals surface area contributed by atoms with Crippen molar-refractivity contribution < 1.29 is 23.9 Å².